The fourth-order valence-electron chi connectivity index (χ4n) is 3.25. The van der Waals surface area contributed by atoms with E-state index in [0.717, 1.165) is 11.1 Å². The minimum absolute atomic E-state index is 0.0161. The van der Waals surface area contributed by atoms with Crippen LogP contribution in [0, 0.1) is 10.1 Å². The van der Waals surface area contributed by atoms with E-state index in [1.165, 1.54) is 26.4 Å². The molecule has 1 N–H and O–H groups in total. The van der Waals surface area contributed by atoms with Crippen molar-refractivity contribution >= 4 is 24.6 Å². The van der Waals surface area contributed by atoms with Gasteiger partial charge in [-0.15, -0.1) is 0 Å². The standard InChI is InChI=1S/C22H26N3O8P/c1-29-18-10-7-16(13-19(18)30-2)11-12-23-21-22(34(28,31-3)32-4)24-20(33-21)14-15-5-8-17(9-6-15)25(26)27/h5-10,13,23H,11-12,14H2,1-4H3. The van der Waals surface area contributed by atoms with Crippen LogP contribution in [0.1, 0.15) is 17.0 Å². The van der Waals surface area contributed by atoms with Crippen LogP contribution in [0.15, 0.2) is 46.9 Å². The van der Waals surface area contributed by atoms with E-state index < -0.39 is 12.5 Å². The number of aromatic nitrogens is 1. The summed E-state index contributed by atoms with van der Waals surface area (Å²) >= 11 is 0. The molecule has 2 aromatic carbocycles. The second-order valence-electron chi connectivity index (χ2n) is 7.09. The van der Waals surface area contributed by atoms with Crippen LogP contribution in [0.3, 0.4) is 0 Å². The Morgan fingerprint density at radius 1 is 1.00 bits per heavy atom. The van der Waals surface area contributed by atoms with E-state index in [0.29, 0.717) is 24.5 Å². The van der Waals surface area contributed by atoms with Gasteiger partial charge < -0.3 is 28.3 Å². The number of nitro benzene ring substituents is 1. The topological polar surface area (TPSA) is 135 Å². The number of anilines is 1. The van der Waals surface area contributed by atoms with Gasteiger partial charge in [-0.3, -0.25) is 14.7 Å². The van der Waals surface area contributed by atoms with E-state index in [4.69, 9.17) is 22.9 Å². The van der Waals surface area contributed by atoms with Gasteiger partial charge in [-0.2, -0.15) is 0 Å². The normalized spacial score (nSPS) is 11.3. The highest BCUT2D eigenvalue weighted by Crippen LogP contribution is 2.47. The van der Waals surface area contributed by atoms with Gasteiger partial charge in [0.1, 0.15) is 0 Å². The molecule has 0 aliphatic carbocycles. The average Bonchev–Trinajstić information content (AvgIpc) is 3.26. The first-order valence-corrected chi connectivity index (χ1v) is 11.8. The van der Waals surface area contributed by atoms with Gasteiger partial charge in [-0.05, 0) is 29.7 Å². The van der Waals surface area contributed by atoms with Gasteiger partial charge in [0.25, 0.3) is 5.69 Å². The number of nitrogens with one attached hydrogen (secondary N) is 1. The molecule has 182 valence electrons. The molecular weight excluding hydrogens is 465 g/mol. The second-order valence-corrected chi connectivity index (χ2v) is 9.24. The van der Waals surface area contributed by atoms with E-state index in [2.05, 4.69) is 10.3 Å². The van der Waals surface area contributed by atoms with Crippen LogP contribution >= 0.6 is 7.60 Å². The zero-order valence-electron chi connectivity index (χ0n) is 19.3. The first-order valence-electron chi connectivity index (χ1n) is 10.2. The minimum Gasteiger partial charge on any atom is -0.493 e. The first kappa shape index (κ1) is 25.2. The summed E-state index contributed by atoms with van der Waals surface area (Å²) in [6.45, 7) is 0.433. The highest BCUT2D eigenvalue weighted by atomic mass is 31.2. The number of ether oxygens (including phenoxy) is 2. The number of oxazole rings is 1. The predicted molar refractivity (Wildman–Crippen MR) is 125 cm³/mol. The number of nitrogens with zero attached hydrogens (tertiary/aromatic N) is 2. The maximum absolute atomic E-state index is 13.0. The predicted octanol–water partition coefficient (Wildman–Crippen LogP) is 3.96. The zero-order valence-corrected chi connectivity index (χ0v) is 20.2. The van der Waals surface area contributed by atoms with Gasteiger partial charge in [0.05, 0.1) is 19.1 Å². The molecule has 0 bridgehead atoms. The molecule has 0 radical (unpaired) electrons. The average molecular weight is 491 g/mol. The lowest BCUT2D eigenvalue weighted by Gasteiger charge is -2.13. The highest BCUT2D eigenvalue weighted by molar-refractivity contribution is 7.62. The lowest BCUT2D eigenvalue weighted by atomic mass is 10.1. The van der Waals surface area contributed by atoms with Gasteiger partial charge >= 0.3 is 7.60 Å². The van der Waals surface area contributed by atoms with Crippen molar-refractivity contribution in [2.45, 2.75) is 12.8 Å². The molecule has 0 atom stereocenters. The van der Waals surface area contributed by atoms with E-state index >= 15 is 0 Å². The molecule has 12 heteroatoms. The van der Waals surface area contributed by atoms with Crippen LogP contribution in [0.4, 0.5) is 11.6 Å². The van der Waals surface area contributed by atoms with Gasteiger partial charge in [0.2, 0.25) is 17.2 Å². The van der Waals surface area contributed by atoms with Gasteiger partial charge in [0.15, 0.2) is 11.5 Å². The summed E-state index contributed by atoms with van der Waals surface area (Å²) in [5, 5.41) is 14.0. The smallest absolute Gasteiger partial charge is 0.384 e. The number of methoxy groups -OCH3 is 2. The third-order valence-corrected chi connectivity index (χ3v) is 6.83. The molecule has 0 unspecified atom stereocenters. The number of nitro groups is 1. The maximum atomic E-state index is 13.0. The van der Waals surface area contributed by atoms with Crippen molar-refractivity contribution in [2.24, 2.45) is 0 Å². The number of rotatable bonds is 12. The lowest BCUT2D eigenvalue weighted by molar-refractivity contribution is -0.384. The summed E-state index contributed by atoms with van der Waals surface area (Å²) in [6, 6.07) is 11.6. The summed E-state index contributed by atoms with van der Waals surface area (Å²) in [5.41, 5.74) is 1.73. The quantitative estimate of drug-likeness (QED) is 0.225. The summed E-state index contributed by atoms with van der Waals surface area (Å²) in [4.78, 5) is 14.7. The van der Waals surface area contributed by atoms with Crippen LogP contribution in [0.25, 0.3) is 0 Å². The third-order valence-electron chi connectivity index (χ3n) is 5.04. The lowest BCUT2D eigenvalue weighted by Crippen LogP contribution is -2.16. The maximum Gasteiger partial charge on any atom is 0.384 e. The molecule has 3 rings (SSSR count). The van der Waals surface area contributed by atoms with Crippen molar-refractivity contribution in [3.63, 3.8) is 0 Å². The molecule has 11 nitrogen and oxygen atoms in total. The largest absolute Gasteiger partial charge is 0.493 e. The van der Waals surface area contributed by atoms with Crippen molar-refractivity contribution < 1.29 is 32.4 Å². The number of non-ortho nitro benzene ring substituents is 1. The Morgan fingerprint density at radius 2 is 1.65 bits per heavy atom. The van der Waals surface area contributed by atoms with E-state index in [-0.39, 0.29) is 29.3 Å². The fourth-order valence-corrected chi connectivity index (χ4v) is 4.35. The molecule has 0 aliphatic rings. The van der Waals surface area contributed by atoms with Crippen molar-refractivity contribution in [1.29, 1.82) is 0 Å². The molecule has 0 amide bonds. The molecule has 0 aliphatic heterocycles. The Balaban J connectivity index is 1.79. The van der Waals surface area contributed by atoms with Crippen LogP contribution in [0.2, 0.25) is 0 Å². The summed E-state index contributed by atoms with van der Waals surface area (Å²) in [6.07, 6.45) is 0.832. The molecule has 1 heterocycles. The van der Waals surface area contributed by atoms with Crippen molar-refractivity contribution in [2.75, 3.05) is 40.3 Å². The van der Waals surface area contributed by atoms with Crippen LogP contribution in [-0.4, -0.2) is 44.9 Å². The Bertz CT molecular complexity index is 1170. The van der Waals surface area contributed by atoms with Crippen LogP contribution in [-0.2, 0) is 26.5 Å². The molecule has 34 heavy (non-hydrogen) atoms. The summed E-state index contributed by atoms with van der Waals surface area (Å²) < 4.78 is 39.7. The van der Waals surface area contributed by atoms with Gasteiger partial charge in [-0.25, -0.2) is 4.98 Å². The molecule has 3 aromatic rings. The molecular formula is C22H26N3O8P. The zero-order chi connectivity index (χ0) is 24.7. The van der Waals surface area contributed by atoms with E-state index in [9.17, 15) is 14.7 Å². The van der Waals surface area contributed by atoms with Crippen LogP contribution < -0.4 is 20.2 Å². The Hall–Kier alpha value is -3.40. The van der Waals surface area contributed by atoms with Crippen molar-refractivity contribution in [3.8, 4) is 11.5 Å². The molecule has 1 aromatic heterocycles. The molecule has 0 saturated carbocycles. The minimum atomic E-state index is -3.70. The molecule has 0 spiro atoms. The van der Waals surface area contributed by atoms with Gasteiger partial charge in [-0.1, -0.05) is 18.2 Å². The number of benzene rings is 2. The first-order chi connectivity index (χ1) is 16.3. The fraction of sp³-hybridized carbons (Fsp3) is 0.318. The second kappa shape index (κ2) is 11.1. The number of hydrogen-bond acceptors (Lipinski definition) is 10. The monoisotopic (exact) mass is 491 g/mol. The summed E-state index contributed by atoms with van der Waals surface area (Å²) in [5.74, 6) is 1.68. The third kappa shape index (κ3) is 5.74. The van der Waals surface area contributed by atoms with E-state index in [1.807, 2.05) is 18.2 Å². The summed E-state index contributed by atoms with van der Waals surface area (Å²) in [7, 11) is 1.97. The van der Waals surface area contributed by atoms with E-state index in [1.54, 1.807) is 26.4 Å². The Morgan fingerprint density at radius 3 is 2.24 bits per heavy atom. The van der Waals surface area contributed by atoms with Crippen molar-refractivity contribution in [3.05, 3.63) is 69.6 Å². The Labute approximate surface area is 196 Å². The highest BCUT2D eigenvalue weighted by Gasteiger charge is 2.34. The number of hydrogen-bond donors (Lipinski definition) is 1. The Kier molecular flexibility index (Phi) is 8.27. The SMILES string of the molecule is COc1ccc(CCNc2oc(Cc3ccc([N+](=O)[O-])cc3)nc2P(=O)(OC)OC)cc1OC. The molecule has 0 fully saturated rings. The van der Waals surface area contributed by atoms with Crippen LogP contribution in [0.5, 0.6) is 11.5 Å². The van der Waals surface area contributed by atoms with Gasteiger partial charge in [0, 0.05) is 39.3 Å². The molecule has 0 saturated heterocycles. The van der Waals surface area contributed by atoms with Crippen molar-refractivity contribution in [1.82, 2.24) is 4.98 Å².